The molecule has 0 aromatic heterocycles. The minimum atomic E-state index is -3.71. The lowest BCUT2D eigenvalue weighted by atomic mass is 9.88. The third-order valence-electron chi connectivity index (χ3n) is 5.41. The van der Waals surface area contributed by atoms with E-state index in [1.165, 1.54) is 17.2 Å². The first-order chi connectivity index (χ1) is 12.9. The summed E-state index contributed by atoms with van der Waals surface area (Å²) in [6, 6.07) is 13.2. The van der Waals surface area contributed by atoms with E-state index in [9.17, 15) is 13.2 Å². The van der Waals surface area contributed by atoms with E-state index in [1.807, 2.05) is 17.0 Å². The topological polar surface area (TPSA) is 92.5 Å². The van der Waals surface area contributed by atoms with Crippen LogP contribution in [0.25, 0.3) is 0 Å². The van der Waals surface area contributed by atoms with Crippen molar-refractivity contribution in [3.63, 3.8) is 0 Å². The van der Waals surface area contributed by atoms with Crippen LogP contribution in [0.1, 0.15) is 35.6 Å². The average molecular weight is 385 g/mol. The second-order valence-corrected chi connectivity index (χ2v) is 8.78. The fourth-order valence-electron chi connectivity index (χ4n) is 4.10. The fraction of sp³-hybridized carbons (Fsp3) is 0.350. The maximum Gasteiger partial charge on any atom is 0.240 e. The number of rotatable bonds is 4. The summed E-state index contributed by atoms with van der Waals surface area (Å²) in [5.41, 5.74) is 4.35. The van der Waals surface area contributed by atoms with Crippen LogP contribution in [0.2, 0.25) is 0 Å². The van der Waals surface area contributed by atoms with Gasteiger partial charge in [-0.25, -0.2) is 13.6 Å². The smallest absolute Gasteiger partial charge is 0.240 e. The Balaban J connectivity index is 1.45. The van der Waals surface area contributed by atoms with Gasteiger partial charge in [-0.15, -0.1) is 0 Å². The van der Waals surface area contributed by atoms with E-state index in [1.54, 1.807) is 12.1 Å². The molecule has 0 unspecified atom stereocenters. The van der Waals surface area contributed by atoms with E-state index in [2.05, 4.69) is 17.4 Å². The number of nitrogens with one attached hydrogen (secondary N) is 1. The van der Waals surface area contributed by atoms with Gasteiger partial charge in [0.05, 0.1) is 17.5 Å². The number of aryl methyl sites for hydroxylation is 1. The molecule has 27 heavy (non-hydrogen) atoms. The van der Waals surface area contributed by atoms with Crippen LogP contribution < -0.4 is 15.4 Å². The standard InChI is InChI=1S/C20H23N3O3S/c21-27(25,26)16-8-9-19-15(12-16)10-11-23(19)13-20(24)22-18-7-3-5-14-4-1-2-6-17(14)18/h1-2,4,6,8-9,12,18H,3,5,7,10-11,13H2,(H,22,24)(H2,21,25,26)/t18-/m1/s1. The number of nitrogens with zero attached hydrogens (tertiary/aromatic N) is 1. The Bertz CT molecular complexity index is 988. The Labute approximate surface area is 159 Å². The molecule has 3 N–H and O–H groups in total. The van der Waals surface area contributed by atoms with E-state index in [4.69, 9.17) is 5.14 Å². The zero-order valence-corrected chi connectivity index (χ0v) is 15.8. The average Bonchev–Trinajstić information content (AvgIpc) is 3.03. The van der Waals surface area contributed by atoms with Gasteiger partial charge in [0.1, 0.15) is 0 Å². The molecule has 1 atom stereocenters. The second kappa shape index (κ2) is 6.98. The van der Waals surface area contributed by atoms with Crippen molar-refractivity contribution < 1.29 is 13.2 Å². The van der Waals surface area contributed by atoms with Gasteiger partial charge in [0.25, 0.3) is 0 Å². The normalized spacial score (nSPS) is 18.7. The Morgan fingerprint density at radius 3 is 2.78 bits per heavy atom. The van der Waals surface area contributed by atoms with Crippen molar-refractivity contribution in [2.45, 2.75) is 36.6 Å². The van der Waals surface area contributed by atoms with Crippen LogP contribution in [-0.2, 0) is 27.7 Å². The highest BCUT2D eigenvalue weighted by Crippen LogP contribution is 2.31. The van der Waals surface area contributed by atoms with Crippen LogP contribution in [0.15, 0.2) is 47.4 Å². The number of benzene rings is 2. The van der Waals surface area contributed by atoms with Gasteiger partial charge in [-0.1, -0.05) is 24.3 Å². The highest BCUT2D eigenvalue weighted by atomic mass is 32.2. The van der Waals surface area contributed by atoms with Crippen LogP contribution in [0, 0.1) is 0 Å². The number of anilines is 1. The van der Waals surface area contributed by atoms with Gasteiger partial charge < -0.3 is 10.2 Å². The lowest BCUT2D eigenvalue weighted by Crippen LogP contribution is -2.39. The van der Waals surface area contributed by atoms with Crippen molar-refractivity contribution in [2.24, 2.45) is 5.14 Å². The van der Waals surface area contributed by atoms with Gasteiger partial charge in [-0.2, -0.15) is 0 Å². The third kappa shape index (κ3) is 3.70. The molecule has 2 aromatic carbocycles. The molecule has 1 aliphatic carbocycles. The maximum absolute atomic E-state index is 12.6. The molecule has 7 heteroatoms. The molecule has 0 saturated carbocycles. The molecule has 4 rings (SSSR count). The van der Waals surface area contributed by atoms with E-state index in [-0.39, 0.29) is 23.4 Å². The highest BCUT2D eigenvalue weighted by molar-refractivity contribution is 7.89. The molecular formula is C20H23N3O3S. The molecule has 1 amide bonds. The number of sulfonamides is 1. The minimum absolute atomic E-state index is 0.0138. The molecule has 0 fully saturated rings. The number of primary sulfonamides is 1. The van der Waals surface area contributed by atoms with Crippen LogP contribution in [0.5, 0.6) is 0 Å². The van der Waals surface area contributed by atoms with E-state index >= 15 is 0 Å². The van der Waals surface area contributed by atoms with E-state index in [0.29, 0.717) is 13.0 Å². The monoisotopic (exact) mass is 385 g/mol. The first kappa shape index (κ1) is 18.0. The predicted molar refractivity (Wildman–Crippen MR) is 104 cm³/mol. The van der Waals surface area contributed by atoms with Crippen molar-refractivity contribution in [3.05, 3.63) is 59.2 Å². The molecule has 0 saturated heterocycles. The summed E-state index contributed by atoms with van der Waals surface area (Å²) in [5, 5.41) is 8.38. The van der Waals surface area contributed by atoms with E-state index < -0.39 is 10.0 Å². The molecule has 0 spiro atoms. The van der Waals surface area contributed by atoms with Crippen molar-refractivity contribution in [1.82, 2.24) is 5.32 Å². The van der Waals surface area contributed by atoms with Gasteiger partial charge in [0, 0.05) is 12.2 Å². The van der Waals surface area contributed by atoms with E-state index in [0.717, 1.165) is 30.5 Å². The second-order valence-electron chi connectivity index (χ2n) is 7.22. The summed E-state index contributed by atoms with van der Waals surface area (Å²) in [7, 11) is -3.71. The van der Waals surface area contributed by atoms with Gasteiger partial charge in [-0.05, 0) is 60.6 Å². The van der Waals surface area contributed by atoms with Crippen LogP contribution >= 0.6 is 0 Å². The summed E-state index contributed by atoms with van der Waals surface area (Å²) < 4.78 is 23.0. The molecule has 2 aliphatic rings. The summed E-state index contributed by atoms with van der Waals surface area (Å²) in [6.45, 7) is 0.957. The fourth-order valence-corrected chi connectivity index (χ4v) is 4.67. The number of nitrogens with two attached hydrogens (primary N) is 1. The van der Waals surface area contributed by atoms with Crippen LogP contribution in [0.4, 0.5) is 5.69 Å². The first-order valence-corrected chi connectivity index (χ1v) is 10.7. The molecule has 1 aliphatic heterocycles. The largest absolute Gasteiger partial charge is 0.362 e. The zero-order valence-electron chi connectivity index (χ0n) is 15.0. The molecule has 0 radical (unpaired) electrons. The van der Waals surface area contributed by atoms with Gasteiger partial charge in [0.2, 0.25) is 15.9 Å². The first-order valence-electron chi connectivity index (χ1n) is 9.19. The minimum Gasteiger partial charge on any atom is -0.362 e. The number of carbonyl (C=O) groups excluding carboxylic acids is 1. The highest BCUT2D eigenvalue weighted by Gasteiger charge is 2.25. The molecule has 6 nitrogen and oxygen atoms in total. The zero-order chi connectivity index (χ0) is 19.0. The quantitative estimate of drug-likeness (QED) is 0.841. The Morgan fingerprint density at radius 1 is 1.15 bits per heavy atom. The predicted octanol–water partition coefficient (Wildman–Crippen LogP) is 1.89. The molecule has 142 valence electrons. The van der Waals surface area contributed by atoms with Crippen molar-refractivity contribution >= 4 is 21.6 Å². The van der Waals surface area contributed by atoms with Crippen LogP contribution in [0.3, 0.4) is 0 Å². The third-order valence-corrected chi connectivity index (χ3v) is 6.32. The number of hydrogen-bond donors (Lipinski definition) is 2. The van der Waals surface area contributed by atoms with Gasteiger partial charge in [0.15, 0.2) is 0 Å². The molecule has 0 bridgehead atoms. The lowest BCUT2D eigenvalue weighted by Gasteiger charge is -2.27. The summed E-state index contributed by atoms with van der Waals surface area (Å²) >= 11 is 0. The lowest BCUT2D eigenvalue weighted by molar-refractivity contribution is -0.120. The Morgan fingerprint density at radius 2 is 1.96 bits per heavy atom. The van der Waals surface area contributed by atoms with Crippen molar-refractivity contribution in [3.8, 4) is 0 Å². The Hall–Kier alpha value is -2.38. The van der Waals surface area contributed by atoms with Gasteiger partial charge in [-0.3, -0.25) is 4.79 Å². The summed E-state index contributed by atoms with van der Waals surface area (Å²) in [4.78, 5) is 14.8. The van der Waals surface area contributed by atoms with Gasteiger partial charge >= 0.3 is 0 Å². The number of amides is 1. The molecule has 1 heterocycles. The summed E-state index contributed by atoms with van der Waals surface area (Å²) in [6.07, 6.45) is 3.80. The Kier molecular flexibility index (Phi) is 4.65. The van der Waals surface area contributed by atoms with Crippen molar-refractivity contribution in [1.29, 1.82) is 0 Å². The summed E-state index contributed by atoms with van der Waals surface area (Å²) in [5.74, 6) is -0.0138. The number of carbonyl (C=O) groups is 1. The maximum atomic E-state index is 12.6. The van der Waals surface area contributed by atoms with Crippen LogP contribution in [-0.4, -0.2) is 27.4 Å². The van der Waals surface area contributed by atoms with Crippen molar-refractivity contribution in [2.75, 3.05) is 18.0 Å². The SMILES string of the molecule is NS(=O)(=O)c1ccc2c(c1)CCN2CC(=O)N[C@@H]1CCCc2ccccc21. The molecular weight excluding hydrogens is 362 g/mol. The number of hydrogen-bond acceptors (Lipinski definition) is 4. The number of fused-ring (bicyclic) bond motifs is 2. The molecule has 2 aromatic rings.